The molecule has 5 nitrogen and oxygen atoms in total. The van der Waals surface area contributed by atoms with Crippen LogP contribution in [0.5, 0.6) is 5.75 Å². The van der Waals surface area contributed by atoms with Gasteiger partial charge in [0, 0.05) is 18.2 Å². The third-order valence-electron chi connectivity index (χ3n) is 3.02. The van der Waals surface area contributed by atoms with Crippen LogP contribution in [-0.2, 0) is 14.8 Å². The van der Waals surface area contributed by atoms with Gasteiger partial charge < -0.3 is 9.47 Å². The fraction of sp³-hybridized carbons (Fsp3) is 0.538. The average molecular weight is 320 g/mol. The van der Waals surface area contributed by atoms with Crippen LogP contribution in [0.25, 0.3) is 0 Å². The number of nitrogens with one attached hydrogen (secondary N) is 1. The van der Waals surface area contributed by atoms with Gasteiger partial charge in [-0.1, -0.05) is 11.6 Å². The molecule has 20 heavy (non-hydrogen) atoms. The largest absolute Gasteiger partial charge is 0.492 e. The molecule has 0 aromatic heterocycles. The Morgan fingerprint density at radius 3 is 2.95 bits per heavy atom. The van der Waals surface area contributed by atoms with E-state index >= 15 is 0 Å². The van der Waals surface area contributed by atoms with Gasteiger partial charge in [0.1, 0.15) is 10.6 Å². The molecule has 1 aliphatic heterocycles. The minimum Gasteiger partial charge on any atom is -0.492 e. The van der Waals surface area contributed by atoms with E-state index in [0.29, 0.717) is 24.0 Å². The number of hydrogen-bond donors (Lipinski definition) is 1. The Bertz CT molecular complexity index is 555. The quantitative estimate of drug-likeness (QED) is 0.873. The van der Waals surface area contributed by atoms with Crippen molar-refractivity contribution >= 4 is 21.6 Å². The summed E-state index contributed by atoms with van der Waals surface area (Å²) in [5.74, 6) is 0.303. The lowest BCUT2D eigenvalue weighted by atomic mass is 10.2. The topological polar surface area (TPSA) is 64.6 Å². The van der Waals surface area contributed by atoms with Gasteiger partial charge in [0.2, 0.25) is 10.0 Å². The van der Waals surface area contributed by atoms with Gasteiger partial charge in [-0.15, -0.1) is 0 Å². The van der Waals surface area contributed by atoms with Crippen LogP contribution in [-0.4, -0.2) is 34.3 Å². The van der Waals surface area contributed by atoms with Crippen molar-refractivity contribution in [1.82, 2.24) is 4.72 Å². The molecule has 2 rings (SSSR count). The molecule has 112 valence electrons. The lowest BCUT2D eigenvalue weighted by Gasteiger charge is -2.14. The Balaban J connectivity index is 2.16. The van der Waals surface area contributed by atoms with E-state index in [1.54, 1.807) is 19.1 Å². The van der Waals surface area contributed by atoms with E-state index in [0.717, 1.165) is 12.8 Å². The van der Waals surface area contributed by atoms with Crippen molar-refractivity contribution in [3.63, 3.8) is 0 Å². The molecule has 0 saturated carbocycles. The molecular weight excluding hydrogens is 302 g/mol. The van der Waals surface area contributed by atoms with Crippen LogP contribution in [0.15, 0.2) is 23.1 Å². The molecule has 0 radical (unpaired) electrons. The minimum atomic E-state index is -3.66. The molecule has 1 heterocycles. The number of halogens is 1. The second-order valence-electron chi connectivity index (χ2n) is 4.51. The van der Waals surface area contributed by atoms with Crippen LogP contribution in [0.2, 0.25) is 5.02 Å². The van der Waals surface area contributed by atoms with Crippen LogP contribution in [0.1, 0.15) is 19.8 Å². The van der Waals surface area contributed by atoms with Gasteiger partial charge in [0.05, 0.1) is 12.7 Å². The molecule has 0 spiro atoms. The summed E-state index contributed by atoms with van der Waals surface area (Å²) >= 11 is 5.88. The second-order valence-corrected chi connectivity index (χ2v) is 6.68. The van der Waals surface area contributed by atoms with Crippen molar-refractivity contribution in [2.75, 3.05) is 19.8 Å². The van der Waals surface area contributed by atoms with Gasteiger partial charge in [0.25, 0.3) is 0 Å². The Kier molecular flexibility index (Phi) is 5.26. The van der Waals surface area contributed by atoms with E-state index < -0.39 is 10.0 Å². The Labute approximate surface area is 124 Å². The number of sulfonamides is 1. The highest BCUT2D eigenvalue weighted by Gasteiger charge is 2.23. The van der Waals surface area contributed by atoms with Crippen LogP contribution >= 0.6 is 11.6 Å². The second kappa shape index (κ2) is 6.76. The van der Waals surface area contributed by atoms with Crippen molar-refractivity contribution in [2.24, 2.45) is 0 Å². The van der Waals surface area contributed by atoms with Crippen LogP contribution in [0, 0.1) is 0 Å². The highest BCUT2D eigenvalue weighted by molar-refractivity contribution is 7.89. The predicted molar refractivity (Wildman–Crippen MR) is 76.8 cm³/mol. The maximum Gasteiger partial charge on any atom is 0.244 e. The average Bonchev–Trinajstić information content (AvgIpc) is 2.92. The van der Waals surface area contributed by atoms with Crippen LogP contribution in [0.4, 0.5) is 0 Å². The highest BCUT2D eigenvalue weighted by Crippen LogP contribution is 2.27. The van der Waals surface area contributed by atoms with Gasteiger partial charge in [-0.25, -0.2) is 13.1 Å². The molecule has 1 aliphatic rings. The first-order valence-electron chi connectivity index (χ1n) is 6.56. The summed E-state index contributed by atoms with van der Waals surface area (Å²) in [5.41, 5.74) is 0. The summed E-state index contributed by atoms with van der Waals surface area (Å²) in [6, 6.07) is 4.56. The highest BCUT2D eigenvalue weighted by atomic mass is 35.5. The Morgan fingerprint density at radius 2 is 2.30 bits per heavy atom. The summed E-state index contributed by atoms with van der Waals surface area (Å²) in [7, 11) is -3.66. The summed E-state index contributed by atoms with van der Waals surface area (Å²) < 4.78 is 38.0. The molecule has 0 bridgehead atoms. The maximum atomic E-state index is 12.3. The van der Waals surface area contributed by atoms with Gasteiger partial charge in [-0.05, 0) is 38.0 Å². The first-order chi connectivity index (χ1) is 9.53. The molecule has 1 N–H and O–H groups in total. The van der Waals surface area contributed by atoms with E-state index in [9.17, 15) is 8.42 Å². The lowest BCUT2D eigenvalue weighted by Crippen LogP contribution is -2.32. The molecule has 1 atom stereocenters. The molecule has 0 aliphatic carbocycles. The summed E-state index contributed by atoms with van der Waals surface area (Å²) in [4.78, 5) is 0.0600. The fourth-order valence-corrected chi connectivity index (χ4v) is 3.52. The number of hydrogen-bond acceptors (Lipinski definition) is 4. The molecule has 1 saturated heterocycles. The monoisotopic (exact) mass is 319 g/mol. The number of rotatable bonds is 6. The van der Waals surface area contributed by atoms with E-state index in [1.165, 1.54) is 6.07 Å². The summed E-state index contributed by atoms with van der Waals surface area (Å²) in [5, 5.41) is 0.353. The zero-order valence-electron chi connectivity index (χ0n) is 11.3. The third kappa shape index (κ3) is 3.85. The Hall–Kier alpha value is -0.820. The molecular formula is C13H18ClNO4S. The number of benzene rings is 1. The maximum absolute atomic E-state index is 12.3. The minimum absolute atomic E-state index is 0.0560. The van der Waals surface area contributed by atoms with Gasteiger partial charge in [-0.3, -0.25) is 0 Å². The molecule has 1 aromatic rings. The normalized spacial score (nSPS) is 19.2. The smallest absolute Gasteiger partial charge is 0.244 e. The third-order valence-corrected chi connectivity index (χ3v) is 4.70. The summed E-state index contributed by atoms with van der Waals surface area (Å²) in [6.45, 7) is 3.13. The summed E-state index contributed by atoms with van der Waals surface area (Å²) in [6.07, 6.45) is 1.78. The van der Waals surface area contributed by atoms with Crippen molar-refractivity contribution in [3.8, 4) is 5.75 Å². The predicted octanol–water partition coefficient (Wildman–Crippen LogP) is 2.20. The van der Waals surface area contributed by atoms with Crippen molar-refractivity contribution in [3.05, 3.63) is 23.2 Å². The van der Waals surface area contributed by atoms with Crippen molar-refractivity contribution < 1.29 is 17.9 Å². The standard InChI is InChI=1S/C13H18ClNO4S/c1-2-18-12-6-5-10(14)8-13(12)20(16,17)15-9-11-4-3-7-19-11/h5-6,8,11,15H,2-4,7,9H2,1H3. The molecule has 1 aromatic carbocycles. The van der Waals surface area contributed by atoms with Crippen molar-refractivity contribution in [1.29, 1.82) is 0 Å². The Morgan fingerprint density at radius 1 is 1.50 bits per heavy atom. The van der Waals surface area contributed by atoms with Gasteiger partial charge in [-0.2, -0.15) is 0 Å². The SMILES string of the molecule is CCOc1ccc(Cl)cc1S(=O)(=O)NCC1CCCO1. The van der Waals surface area contributed by atoms with Gasteiger partial charge >= 0.3 is 0 Å². The molecule has 1 fully saturated rings. The zero-order valence-corrected chi connectivity index (χ0v) is 12.8. The van der Waals surface area contributed by atoms with Crippen LogP contribution in [0.3, 0.4) is 0 Å². The first kappa shape index (κ1) is 15.6. The van der Waals surface area contributed by atoms with E-state index in [1.807, 2.05) is 0 Å². The first-order valence-corrected chi connectivity index (χ1v) is 8.42. The van der Waals surface area contributed by atoms with E-state index in [4.69, 9.17) is 21.1 Å². The fourth-order valence-electron chi connectivity index (χ4n) is 2.05. The van der Waals surface area contributed by atoms with Crippen molar-refractivity contribution in [2.45, 2.75) is 30.8 Å². The van der Waals surface area contributed by atoms with Crippen LogP contribution < -0.4 is 9.46 Å². The molecule has 1 unspecified atom stereocenters. The number of ether oxygens (including phenoxy) is 2. The van der Waals surface area contributed by atoms with E-state index in [-0.39, 0.29) is 17.5 Å². The molecule has 7 heteroatoms. The molecule has 0 amide bonds. The van der Waals surface area contributed by atoms with E-state index in [2.05, 4.69) is 4.72 Å². The van der Waals surface area contributed by atoms with Gasteiger partial charge in [0.15, 0.2) is 0 Å². The lowest BCUT2D eigenvalue weighted by molar-refractivity contribution is 0.114. The zero-order chi connectivity index (χ0) is 14.6.